The topological polar surface area (TPSA) is 62.2 Å². The summed E-state index contributed by atoms with van der Waals surface area (Å²) in [5.41, 5.74) is -0.451. The lowest BCUT2D eigenvalue weighted by Gasteiger charge is -2.33. The number of hydrogen-bond donors (Lipinski definition) is 2. The third-order valence-corrected chi connectivity index (χ3v) is 7.22. The van der Waals surface area contributed by atoms with E-state index in [4.69, 9.17) is 9.47 Å². The van der Waals surface area contributed by atoms with Crippen LogP contribution in [-0.4, -0.2) is 47.0 Å². The molecule has 0 aliphatic carbocycles. The van der Waals surface area contributed by atoms with Crippen LogP contribution < -0.4 is 9.47 Å². The van der Waals surface area contributed by atoms with Gasteiger partial charge in [-0.3, -0.25) is 4.90 Å². The summed E-state index contributed by atoms with van der Waals surface area (Å²) in [5.74, 6) is 0.973. The standard InChI is InChI=1S/C30H30F3NO4/c1-18-13-14-34(16-18)19(2)17-37-24-10-5-21(6-11-24)29-27(20-3-7-22(35)8-4-20)28(30(31,32)33)25-15-23(36)9-12-26(25)38-29/h3-12,15,18-19,29,35-36H,13-14,16-17H2,1-2H3/t18-,19+,29?/m1/s1. The number of halogens is 3. The summed E-state index contributed by atoms with van der Waals surface area (Å²) in [6.07, 6.45) is -4.63. The fourth-order valence-electron chi connectivity index (χ4n) is 5.19. The zero-order valence-electron chi connectivity index (χ0n) is 21.2. The summed E-state index contributed by atoms with van der Waals surface area (Å²) in [5, 5.41) is 19.7. The van der Waals surface area contributed by atoms with Crippen molar-refractivity contribution in [3.63, 3.8) is 0 Å². The average molecular weight is 526 g/mol. The first-order chi connectivity index (χ1) is 18.1. The molecule has 200 valence electrons. The van der Waals surface area contributed by atoms with Crippen LogP contribution in [0.5, 0.6) is 23.0 Å². The highest BCUT2D eigenvalue weighted by atomic mass is 19.4. The second kappa shape index (κ2) is 10.3. The Morgan fingerprint density at radius 3 is 2.32 bits per heavy atom. The monoisotopic (exact) mass is 525 g/mol. The molecule has 3 aromatic carbocycles. The molecular formula is C30H30F3NO4. The first kappa shape index (κ1) is 26.0. The maximum Gasteiger partial charge on any atom is 0.417 e. The number of rotatable bonds is 6. The number of allylic oxidation sites excluding steroid dienone is 1. The van der Waals surface area contributed by atoms with E-state index in [2.05, 4.69) is 18.7 Å². The highest BCUT2D eigenvalue weighted by Gasteiger charge is 2.44. The first-order valence-corrected chi connectivity index (χ1v) is 12.7. The van der Waals surface area contributed by atoms with Gasteiger partial charge < -0.3 is 19.7 Å². The van der Waals surface area contributed by atoms with Crippen molar-refractivity contribution in [2.45, 2.75) is 38.6 Å². The van der Waals surface area contributed by atoms with Gasteiger partial charge >= 0.3 is 6.18 Å². The van der Waals surface area contributed by atoms with Crippen molar-refractivity contribution >= 4 is 11.1 Å². The molecule has 1 unspecified atom stereocenters. The molecule has 8 heteroatoms. The fraction of sp³-hybridized carbons (Fsp3) is 0.333. The molecular weight excluding hydrogens is 495 g/mol. The van der Waals surface area contributed by atoms with Crippen LogP contribution in [0.25, 0.3) is 11.1 Å². The molecule has 2 N–H and O–H groups in total. The van der Waals surface area contributed by atoms with E-state index in [9.17, 15) is 23.4 Å². The number of ether oxygens (including phenoxy) is 2. The average Bonchev–Trinajstić information content (AvgIpc) is 3.33. The van der Waals surface area contributed by atoms with Crippen molar-refractivity contribution in [1.29, 1.82) is 0 Å². The van der Waals surface area contributed by atoms with Gasteiger partial charge in [-0.1, -0.05) is 31.2 Å². The van der Waals surface area contributed by atoms with E-state index in [0.717, 1.165) is 19.2 Å². The van der Waals surface area contributed by atoms with E-state index in [1.807, 2.05) is 0 Å². The molecule has 5 rings (SSSR count). The van der Waals surface area contributed by atoms with E-state index >= 15 is 0 Å². The molecule has 2 aliphatic heterocycles. The summed E-state index contributed by atoms with van der Waals surface area (Å²) in [6.45, 7) is 6.99. The largest absolute Gasteiger partial charge is 0.508 e. The highest BCUT2D eigenvalue weighted by molar-refractivity contribution is 5.98. The van der Waals surface area contributed by atoms with Crippen LogP contribution in [0.1, 0.15) is 43.1 Å². The van der Waals surface area contributed by atoms with Crippen LogP contribution in [0.15, 0.2) is 66.7 Å². The molecule has 0 amide bonds. The molecule has 2 heterocycles. The summed E-state index contributed by atoms with van der Waals surface area (Å²) in [6, 6.07) is 16.4. The number of hydrogen-bond acceptors (Lipinski definition) is 5. The van der Waals surface area contributed by atoms with Gasteiger partial charge in [-0.15, -0.1) is 0 Å². The lowest BCUT2D eigenvalue weighted by Crippen LogP contribution is -2.35. The van der Waals surface area contributed by atoms with Gasteiger partial charge in [0.05, 0.1) is 5.57 Å². The van der Waals surface area contributed by atoms with E-state index in [1.165, 1.54) is 42.8 Å². The molecule has 0 aromatic heterocycles. The van der Waals surface area contributed by atoms with Gasteiger partial charge in [0.1, 0.15) is 29.6 Å². The predicted molar refractivity (Wildman–Crippen MR) is 139 cm³/mol. The van der Waals surface area contributed by atoms with Crippen molar-refractivity contribution in [2.75, 3.05) is 19.7 Å². The zero-order chi connectivity index (χ0) is 27.0. The van der Waals surface area contributed by atoms with Crippen molar-refractivity contribution in [2.24, 2.45) is 5.92 Å². The Bertz CT molecular complexity index is 1320. The van der Waals surface area contributed by atoms with E-state index in [-0.39, 0.29) is 40.0 Å². The quantitative estimate of drug-likeness (QED) is 0.370. The minimum Gasteiger partial charge on any atom is -0.508 e. The summed E-state index contributed by atoms with van der Waals surface area (Å²) in [7, 11) is 0. The first-order valence-electron chi connectivity index (χ1n) is 12.7. The van der Waals surface area contributed by atoms with Crippen LogP contribution in [0.4, 0.5) is 13.2 Å². The van der Waals surface area contributed by atoms with Crippen LogP contribution in [-0.2, 0) is 0 Å². The van der Waals surface area contributed by atoms with Crippen LogP contribution >= 0.6 is 0 Å². The number of likely N-dealkylation sites (tertiary alicyclic amines) is 1. The number of aromatic hydroxyl groups is 2. The third-order valence-electron chi connectivity index (χ3n) is 7.22. The SMILES string of the molecule is C[C@@H]1CCN([C@@H](C)COc2ccc(C3Oc4ccc(O)cc4C(C(F)(F)F)=C3c3ccc(O)cc3)cc2)C1. The lowest BCUT2D eigenvalue weighted by molar-refractivity contribution is -0.0695. The van der Waals surface area contributed by atoms with Gasteiger partial charge in [-0.2, -0.15) is 13.2 Å². The fourth-order valence-corrected chi connectivity index (χ4v) is 5.19. The third kappa shape index (κ3) is 5.31. The summed E-state index contributed by atoms with van der Waals surface area (Å²) < 4.78 is 55.9. The number of phenols is 2. The van der Waals surface area contributed by atoms with Gasteiger partial charge in [0.2, 0.25) is 0 Å². The molecule has 0 bridgehead atoms. The minimum atomic E-state index is -4.73. The Morgan fingerprint density at radius 1 is 1.00 bits per heavy atom. The normalized spacial score (nSPS) is 20.7. The van der Waals surface area contributed by atoms with Gasteiger partial charge in [-0.25, -0.2) is 0 Å². The van der Waals surface area contributed by atoms with E-state index in [1.54, 1.807) is 24.3 Å². The second-order valence-electron chi connectivity index (χ2n) is 10.1. The molecule has 1 fully saturated rings. The zero-order valence-corrected chi connectivity index (χ0v) is 21.2. The smallest absolute Gasteiger partial charge is 0.417 e. The van der Waals surface area contributed by atoms with Crippen molar-refractivity contribution < 1.29 is 32.9 Å². The van der Waals surface area contributed by atoms with E-state index < -0.39 is 17.9 Å². The Kier molecular flexibility index (Phi) is 7.01. The minimum absolute atomic E-state index is 0.0247. The van der Waals surface area contributed by atoms with Crippen molar-refractivity contribution in [3.8, 4) is 23.0 Å². The molecule has 3 atom stereocenters. The molecule has 0 spiro atoms. The highest BCUT2D eigenvalue weighted by Crippen LogP contribution is 2.53. The maximum atomic E-state index is 14.6. The van der Waals surface area contributed by atoms with Gasteiger partial charge in [-0.05, 0) is 79.4 Å². The Morgan fingerprint density at radius 2 is 1.68 bits per heavy atom. The molecule has 38 heavy (non-hydrogen) atoms. The van der Waals surface area contributed by atoms with Crippen LogP contribution in [0.2, 0.25) is 0 Å². The molecule has 3 aromatic rings. The van der Waals surface area contributed by atoms with Gasteiger partial charge in [0.15, 0.2) is 6.10 Å². The lowest BCUT2D eigenvalue weighted by atomic mass is 9.85. The molecule has 2 aliphatic rings. The number of fused-ring (bicyclic) bond motifs is 1. The Labute approximate surface area is 219 Å². The molecule has 1 saturated heterocycles. The predicted octanol–water partition coefficient (Wildman–Crippen LogP) is 6.81. The Balaban J connectivity index is 1.49. The number of alkyl halides is 3. The number of benzene rings is 3. The maximum absolute atomic E-state index is 14.6. The van der Waals surface area contributed by atoms with Crippen LogP contribution in [0.3, 0.4) is 0 Å². The number of nitrogens with zero attached hydrogens (tertiary/aromatic N) is 1. The molecule has 5 nitrogen and oxygen atoms in total. The van der Waals surface area contributed by atoms with Crippen LogP contribution in [0, 0.1) is 5.92 Å². The second-order valence-corrected chi connectivity index (χ2v) is 10.1. The molecule has 0 saturated carbocycles. The van der Waals surface area contributed by atoms with Crippen molar-refractivity contribution in [3.05, 3.63) is 83.4 Å². The van der Waals surface area contributed by atoms with Gasteiger partial charge in [0, 0.05) is 23.7 Å². The summed E-state index contributed by atoms with van der Waals surface area (Å²) in [4.78, 5) is 2.40. The Hall–Kier alpha value is -3.65. The van der Waals surface area contributed by atoms with Crippen molar-refractivity contribution in [1.82, 2.24) is 4.90 Å². The van der Waals surface area contributed by atoms with E-state index in [0.29, 0.717) is 23.8 Å². The molecule has 0 radical (unpaired) electrons. The van der Waals surface area contributed by atoms with Gasteiger partial charge in [0.25, 0.3) is 0 Å². The number of phenolic OH excluding ortho intramolecular Hbond substituents is 2. The summed E-state index contributed by atoms with van der Waals surface area (Å²) >= 11 is 0.